The third kappa shape index (κ3) is 3.99. The third-order valence-corrected chi connectivity index (χ3v) is 4.25. The Morgan fingerprint density at radius 3 is 2.65 bits per heavy atom. The second-order valence-corrected chi connectivity index (χ2v) is 6.86. The summed E-state index contributed by atoms with van der Waals surface area (Å²) in [6.07, 6.45) is 2.57. The van der Waals surface area contributed by atoms with Crippen LogP contribution in [0.5, 0.6) is 5.75 Å². The zero-order valence-electron chi connectivity index (χ0n) is 13.6. The summed E-state index contributed by atoms with van der Waals surface area (Å²) in [4.78, 5) is 0. The Labute approximate surface area is 123 Å². The van der Waals surface area contributed by atoms with E-state index in [0.29, 0.717) is 24.0 Å². The number of nitrogens with one attached hydrogen (secondary N) is 1. The fourth-order valence-electron chi connectivity index (χ4n) is 2.90. The largest absolute Gasteiger partial charge is 0.490 e. The summed E-state index contributed by atoms with van der Waals surface area (Å²) in [5.41, 5.74) is 2.71. The van der Waals surface area contributed by atoms with Gasteiger partial charge in [-0.25, -0.2) is 0 Å². The van der Waals surface area contributed by atoms with Gasteiger partial charge in [0.25, 0.3) is 0 Å². The van der Waals surface area contributed by atoms with Crippen molar-refractivity contribution in [2.24, 2.45) is 11.8 Å². The summed E-state index contributed by atoms with van der Waals surface area (Å²) in [6.45, 7) is 12.3. The molecule has 0 bridgehead atoms. The van der Waals surface area contributed by atoms with Crippen LogP contribution >= 0.6 is 0 Å². The first-order valence-electron chi connectivity index (χ1n) is 7.95. The number of rotatable bonds is 6. The molecule has 2 nitrogen and oxygen atoms in total. The Kier molecular flexibility index (Phi) is 5.09. The predicted molar refractivity (Wildman–Crippen MR) is 85.4 cm³/mol. The van der Waals surface area contributed by atoms with Gasteiger partial charge in [-0.3, -0.25) is 0 Å². The fraction of sp³-hybridized carbons (Fsp3) is 0.667. The lowest BCUT2D eigenvalue weighted by atomic mass is 9.88. The van der Waals surface area contributed by atoms with E-state index in [0.717, 1.165) is 25.1 Å². The van der Waals surface area contributed by atoms with Crippen LogP contribution in [0.2, 0.25) is 0 Å². The minimum Gasteiger partial charge on any atom is -0.490 e. The van der Waals surface area contributed by atoms with Gasteiger partial charge >= 0.3 is 0 Å². The molecule has 2 rings (SSSR count). The van der Waals surface area contributed by atoms with Crippen molar-refractivity contribution in [1.82, 2.24) is 5.32 Å². The molecule has 20 heavy (non-hydrogen) atoms. The Morgan fingerprint density at radius 1 is 1.25 bits per heavy atom. The van der Waals surface area contributed by atoms with Gasteiger partial charge in [-0.15, -0.1) is 0 Å². The van der Waals surface area contributed by atoms with Gasteiger partial charge in [0.15, 0.2) is 0 Å². The molecule has 1 aliphatic heterocycles. The highest BCUT2D eigenvalue weighted by molar-refractivity contribution is 5.40. The molecule has 0 radical (unpaired) electrons. The van der Waals surface area contributed by atoms with E-state index in [9.17, 15) is 0 Å². The zero-order valence-corrected chi connectivity index (χ0v) is 13.6. The number of ether oxygens (including phenoxy) is 1. The lowest BCUT2D eigenvalue weighted by Gasteiger charge is -2.25. The maximum atomic E-state index is 6.12. The molecule has 0 fully saturated rings. The van der Waals surface area contributed by atoms with Crippen LogP contribution in [0.15, 0.2) is 18.2 Å². The van der Waals surface area contributed by atoms with Gasteiger partial charge in [0.2, 0.25) is 0 Å². The van der Waals surface area contributed by atoms with Crippen molar-refractivity contribution in [3.05, 3.63) is 29.3 Å². The molecule has 0 spiro atoms. The van der Waals surface area contributed by atoms with E-state index in [-0.39, 0.29) is 0 Å². The molecule has 1 N–H and O–H groups in total. The predicted octanol–water partition coefficient (Wildman–Crippen LogP) is 3.96. The van der Waals surface area contributed by atoms with Gasteiger partial charge < -0.3 is 10.1 Å². The number of fused-ring (bicyclic) bond motifs is 1. The van der Waals surface area contributed by atoms with Crippen LogP contribution in [0.25, 0.3) is 0 Å². The van der Waals surface area contributed by atoms with E-state index < -0.39 is 0 Å². The molecule has 2 atom stereocenters. The molecule has 0 amide bonds. The summed E-state index contributed by atoms with van der Waals surface area (Å²) in [7, 11) is 0. The van der Waals surface area contributed by atoms with E-state index in [2.05, 4.69) is 58.1 Å². The standard InChI is InChI=1S/C18H29NO/c1-12(2)16(11-19-13(3)4)10-17-9-15-8-14(5)6-7-18(15)20-17/h6-8,12-13,16-17,19H,9-11H2,1-5H3. The first kappa shape index (κ1) is 15.4. The van der Waals surface area contributed by atoms with Crippen molar-refractivity contribution >= 4 is 0 Å². The molecule has 1 aromatic carbocycles. The van der Waals surface area contributed by atoms with Crippen LogP contribution in [0.3, 0.4) is 0 Å². The Morgan fingerprint density at radius 2 is 2.00 bits per heavy atom. The number of benzene rings is 1. The van der Waals surface area contributed by atoms with Gasteiger partial charge in [0.05, 0.1) is 0 Å². The van der Waals surface area contributed by atoms with E-state index in [1.165, 1.54) is 11.1 Å². The van der Waals surface area contributed by atoms with Crippen LogP contribution in [-0.4, -0.2) is 18.7 Å². The lowest BCUT2D eigenvalue weighted by molar-refractivity contribution is 0.171. The van der Waals surface area contributed by atoms with Gasteiger partial charge in [-0.05, 0) is 43.4 Å². The maximum Gasteiger partial charge on any atom is 0.123 e. The fourth-order valence-corrected chi connectivity index (χ4v) is 2.90. The summed E-state index contributed by atoms with van der Waals surface area (Å²) >= 11 is 0. The van der Waals surface area contributed by atoms with E-state index >= 15 is 0 Å². The van der Waals surface area contributed by atoms with Gasteiger partial charge in [-0.1, -0.05) is 45.4 Å². The van der Waals surface area contributed by atoms with E-state index in [4.69, 9.17) is 4.74 Å². The molecular weight excluding hydrogens is 246 g/mol. The maximum absolute atomic E-state index is 6.12. The zero-order chi connectivity index (χ0) is 14.7. The van der Waals surface area contributed by atoms with Crippen molar-refractivity contribution in [3.8, 4) is 5.75 Å². The summed E-state index contributed by atoms with van der Waals surface area (Å²) in [5, 5.41) is 3.58. The molecule has 2 unspecified atom stereocenters. The number of hydrogen-bond donors (Lipinski definition) is 1. The van der Waals surface area contributed by atoms with Crippen LogP contribution in [0.4, 0.5) is 0 Å². The molecule has 1 aliphatic rings. The van der Waals surface area contributed by atoms with Crippen molar-refractivity contribution in [2.75, 3.05) is 6.54 Å². The van der Waals surface area contributed by atoms with Gasteiger partial charge in [-0.2, -0.15) is 0 Å². The third-order valence-electron chi connectivity index (χ3n) is 4.25. The molecule has 1 heterocycles. The highest BCUT2D eigenvalue weighted by Crippen LogP contribution is 2.33. The van der Waals surface area contributed by atoms with Gasteiger partial charge in [0.1, 0.15) is 11.9 Å². The van der Waals surface area contributed by atoms with Crippen molar-refractivity contribution in [1.29, 1.82) is 0 Å². The Balaban J connectivity index is 1.93. The van der Waals surface area contributed by atoms with Crippen LogP contribution in [0.1, 0.15) is 45.2 Å². The van der Waals surface area contributed by atoms with E-state index in [1.807, 2.05) is 0 Å². The van der Waals surface area contributed by atoms with Crippen molar-refractivity contribution < 1.29 is 4.74 Å². The minimum atomic E-state index is 0.355. The summed E-state index contributed by atoms with van der Waals surface area (Å²) < 4.78 is 6.12. The SMILES string of the molecule is Cc1ccc2c(c1)CC(CC(CNC(C)C)C(C)C)O2. The average molecular weight is 275 g/mol. The van der Waals surface area contributed by atoms with Crippen LogP contribution in [0, 0.1) is 18.8 Å². The number of aryl methyl sites for hydroxylation is 1. The van der Waals surface area contributed by atoms with Gasteiger partial charge in [0, 0.05) is 12.5 Å². The quantitative estimate of drug-likeness (QED) is 0.848. The Hall–Kier alpha value is -1.02. The summed E-state index contributed by atoms with van der Waals surface area (Å²) in [6, 6.07) is 7.09. The second-order valence-electron chi connectivity index (χ2n) is 6.86. The molecule has 1 aromatic rings. The molecule has 0 saturated carbocycles. The molecule has 0 saturated heterocycles. The average Bonchev–Trinajstić information content (AvgIpc) is 2.75. The minimum absolute atomic E-state index is 0.355. The number of hydrogen-bond acceptors (Lipinski definition) is 2. The van der Waals surface area contributed by atoms with Crippen LogP contribution in [-0.2, 0) is 6.42 Å². The topological polar surface area (TPSA) is 21.3 Å². The Bertz CT molecular complexity index is 439. The monoisotopic (exact) mass is 275 g/mol. The highest BCUT2D eigenvalue weighted by Gasteiger charge is 2.27. The molecule has 2 heteroatoms. The highest BCUT2D eigenvalue weighted by atomic mass is 16.5. The normalized spacial score (nSPS) is 19.2. The van der Waals surface area contributed by atoms with Crippen LogP contribution < -0.4 is 10.1 Å². The smallest absolute Gasteiger partial charge is 0.123 e. The molecule has 112 valence electrons. The lowest BCUT2D eigenvalue weighted by Crippen LogP contribution is -2.34. The second kappa shape index (κ2) is 6.62. The first-order chi connectivity index (χ1) is 9.45. The van der Waals surface area contributed by atoms with Crippen molar-refractivity contribution in [3.63, 3.8) is 0 Å². The molecule has 0 aliphatic carbocycles. The summed E-state index contributed by atoms with van der Waals surface area (Å²) in [5.74, 6) is 2.47. The first-order valence-corrected chi connectivity index (χ1v) is 7.95. The van der Waals surface area contributed by atoms with E-state index in [1.54, 1.807) is 0 Å². The molecule has 0 aromatic heterocycles. The molecular formula is C18H29NO. The van der Waals surface area contributed by atoms with Crippen molar-refractivity contribution in [2.45, 2.75) is 59.6 Å².